The maximum Gasteiger partial charge on any atom is 0.167 e. The zero-order valence-electron chi connectivity index (χ0n) is 13.4. The molecule has 2 aromatic heterocycles. The van der Waals surface area contributed by atoms with Crippen molar-refractivity contribution in [3.63, 3.8) is 0 Å². The van der Waals surface area contributed by atoms with Gasteiger partial charge in [0.15, 0.2) is 17.7 Å². The normalized spacial score (nSPS) is 27.6. The van der Waals surface area contributed by atoms with E-state index in [2.05, 4.69) is 21.9 Å². The number of aliphatic hydroxyl groups excluding tert-OH is 2. The van der Waals surface area contributed by atoms with Crippen LogP contribution in [0.1, 0.15) is 26.0 Å². The molecule has 0 aliphatic carbocycles. The third-order valence-electron chi connectivity index (χ3n) is 3.98. The highest BCUT2D eigenvalue weighted by molar-refractivity contribution is 7.32. The molecule has 0 amide bonds. The molecule has 3 heterocycles. The number of ether oxygens (including phenoxy) is 1. The average Bonchev–Trinajstić information content (AvgIpc) is 3.12. The number of nitrogens with zero attached hydrogens (tertiary/aromatic N) is 4. The molecule has 132 valence electrons. The fourth-order valence-electron chi connectivity index (χ4n) is 2.62. The first kappa shape index (κ1) is 17.4. The molecular formula is C14H22N5O4P. The molecule has 10 heteroatoms. The average molecular weight is 355 g/mol. The molecule has 1 saturated heterocycles. The van der Waals surface area contributed by atoms with E-state index >= 15 is 0 Å². The quantitative estimate of drug-likeness (QED) is 0.482. The highest BCUT2D eigenvalue weighted by atomic mass is 31.1. The second-order valence-corrected chi connectivity index (χ2v) is 6.77. The van der Waals surface area contributed by atoms with Crippen LogP contribution in [0.2, 0.25) is 0 Å². The van der Waals surface area contributed by atoms with Gasteiger partial charge in [0.2, 0.25) is 0 Å². The summed E-state index contributed by atoms with van der Waals surface area (Å²) in [7, 11) is 0.366. The van der Waals surface area contributed by atoms with Crippen LogP contribution in [0, 0.1) is 0 Å². The zero-order valence-corrected chi connectivity index (χ0v) is 14.4. The predicted molar refractivity (Wildman–Crippen MR) is 89.7 cm³/mol. The minimum Gasteiger partial charge on any atom is -0.387 e. The van der Waals surface area contributed by atoms with E-state index in [9.17, 15) is 10.2 Å². The van der Waals surface area contributed by atoms with E-state index in [0.717, 1.165) is 19.0 Å². The van der Waals surface area contributed by atoms with Crippen LogP contribution < -0.4 is 5.73 Å². The van der Waals surface area contributed by atoms with Crippen LogP contribution in [0.25, 0.3) is 11.2 Å². The van der Waals surface area contributed by atoms with Gasteiger partial charge in [0.25, 0.3) is 0 Å². The second kappa shape index (κ2) is 7.67. The van der Waals surface area contributed by atoms with E-state index in [4.69, 9.17) is 15.0 Å². The van der Waals surface area contributed by atoms with Crippen molar-refractivity contribution in [3.05, 3.63) is 12.7 Å². The standard InChI is InChI=1S/C14H22N5O4P/c1-2-3-4-24-22-5-8-10(20)11(21)14(23-8)19-7-18-9-12(15)16-6-17-13(9)19/h6-8,10-11,14,20-21,24H,2-5H2,1H3,(H2,15,16,17)/t8-,10?,11?,14-/m1/s1. The van der Waals surface area contributed by atoms with Crippen molar-refractivity contribution in [1.82, 2.24) is 19.5 Å². The van der Waals surface area contributed by atoms with E-state index in [-0.39, 0.29) is 12.4 Å². The van der Waals surface area contributed by atoms with Gasteiger partial charge in [-0.3, -0.25) is 4.57 Å². The number of aliphatic hydroxyl groups is 2. The molecule has 9 nitrogen and oxygen atoms in total. The highest BCUT2D eigenvalue weighted by Gasteiger charge is 2.44. The first-order chi connectivity index (χ1) is 11.6. The molecule has 0 saturated carbocycles. The van der Waals surface area contributed by atoms with Crippen LogP contribution >= 0.6 is 8.81 Å². The van der Waals surface area contributed by atoms with Crippen molar-refractivity contribution in [1.29, 1.82) is 0 Å². The Balaban J connectivity index is 1.69. The van der Waals surface area contributed by atoms with Crippen molar-refractivity contribution < 1.29 is 19.5 Å². The number of hydrogen-bond acceptors (Lipinski definition) is 8. The molecule has 1 aliphatic rings. The molecule has 1 fully saturated rings. The monoisotopic (exact) mass is 355 g/mol. The number of imidazole rings is 1. The van der Waals surface area contributed by atoms with Crippen LogP contribution in [0.4, 0.5) is 5.82 Å². The molecule has 1 aliphatic heterocycles. The molecule has 0 aromatic carbocycles. The van der Waals surface area contributed by atoms with Gasteiger partial charge in [-0.1, -0.05) is 13.3 Å². The van der Waals surface area contributed by atoms with Crippen LogP contribution in [0.3, 0.4) is 0 Å². The molecule has 4 N–H and O–H groups in total. The van der Waals surface area contributed by atoms with Crippen molar-refractivity contribution in [2.45, 2.75) is 44.3 Å². The summed E-state index contributed by atoms with van der Waals surface area (Å²) in [5.74, 6) is 0.254. The van der Waals surface area contributed by atoms with Crippen LogP contribution in [-0.4, -0.2) is 60.8 Å². The van der Waals surface area contributed by atoms with Gasteiger partial charge in [0.1, 0.15) is 30.2 Å². The second-order valence-electron chi connectivity index (χ2n) is 5.69. The summed E-state index contributed by atoms with van der Waals surface area (Å²) in [4.78, 5) is 12.2. The Morgan fingerprint density at radius 2 is 2.17 bits per heavy atom. The zero-order chi connectivity index (χ0) is 17.1. The summed E-state index contributed by atoms with van der Waals surface area (Å²) in [6.07, 6.45) is 2.48. The van der Waals surface area contributed by atoms with Gasteiger partial charge in [-0.05, 0) is 12.6 Å². The maximum atomic E-state index is 10.3. The Kier molecular flexibility index (Phi) is 5.57. The highest BCUT2D eigenvalue weighted by Crippen LogP contribution is 2.32. The Hall–Kier alpha value is -1.38. The molecule has 0 spiro atoms. The van der Waals surface area contributed by atoms with Gasteiger partial charge in [0, 0.05) is 8.81 Å². The molecule has 3 unspecified atom stereocenters. The summed E-state index contributed by atoms with van der Waals surface area (Å²) in [5.41, 5.74) is 6.65. The summed E-state index contributed by atoms with van der Waals surface area (Å²) in [6.45, 7) is 2.36. The summed E-state index contributed by atoms with van der Waals surface area (Å²) >= 11 is 0. The number of unbranched alkanes of at least 4 members (excludes halogenated alkanes) is 1. The van der Waals surface area contributed by atoms with Gasteiger partial charge in [-0.2, -0.15) is 0 Å². The third kappa shape index (κ3) is 3.36. The third-order valence-corrected chi connectivity index (χ3v) is 4.91. The van der Waals surface area contributed by atoms with Crippen molar-refractivity contribution in [3.8, 4) is 0 Å². The lowest BCUT2D eigenvalue weighted by Gasteiger charge is -2.16. The number of rotatable bonds is 7. The lowest BCUT2D eigenvalue weighted by atomic mass is 10.1. The maximum absolute atomic E-state index is 10.3. The van der Waals surface area contributed by atoms with Gasteiger partial charge in [0.05, 0.1) is 12.9 Å². The topological polar surface area (TPSA) is 129 Å². The fraction of sp³-hybridized carbons (Fsp3) is 0.643. The summed E-state index contributed by atoms with van der Waals surface area (Å²) in [5, 5.41) is 20.5. The summed E-state index contributed by atoms with van der Waals surface area (Å²) < 4.78 is 12.9. The smallest absolute Gasteiger partial charge is 0.167 e. The minimum atomic E-state index is -1.11. The largest absolute Gasteiger partial charge is 0.387 e. The molecular weight excluding hydrogens is 333 g/mol. The van der Waals surface area contributed by atoms with E-state index in [1.54, 1.807) is 4.57 Å². The Morgan fingerprint density at radius 1 is 1.33 bits per heavy atom. The van der Waals surface area contributed by atoms with Gasteiger partial charge in [-0.25, -0.2) is 15.0 Å². The Bertz CT molecular complexity index is 684. The first-order valence-corrected chi connectivity index (χ1v) is 9.04. The molecule has 5 atom stereocenters. The molecule has 24 heavy (non-hydrogen) atoms. The van der Waals surface area contributed by atoms with Gasteiger partial charge >= 0.3 is 0 Å². The van der Waals surface area contributed by atoms with Crippen LogP contribution in [0.5, 0.6) is 0 Å². The molecule has 2 aromatic rings. The summed E-state index contributed by atoms with van der Waals surface area (Å²) in [6, 6.07) is 0. The number of nitrogens with two attached hydrogens (primary N) is 1. The SMILES string of the molecule is CCCCPOC[C@H]1O[C@@H](n2cnc3c(N)ncnc32)C(O)C1O. The van der Waals surface area contributed by atoms with E-state index < -0.39 is 24.5 Å². The number of nitrogen functional groups attached to an aromatic ring is 1. The number of anilines is 1. The molecule has 3 rings (SSSR count). The van der Waals surface area contributed by atoms with Crippen LogP contribution in [0.15, 0.2) is 12.7 Å². The fourth-order valence-corrected chi connectivity index (χ4v) is 3.54. The van der Waals surface area contributed by atoms with Crippen molar-refractivity contribution in [2.24, 2.45) is 0 Å². The number of hydrogen-bond donors (Lipinski definition) is 3. The van der Waals surface area contributed by atoms with E-state index in [1.807, 2.05) is 0 Å². The Morgan fingerprint density at radius 3 is 2.96 bits per heavy atom. The van der Waals surface area contributed by atoms with E-state index in [0.29, 0.717) is 20.0 Å². The number of aromatic nitrogens is 4. The lowest BCUT2D eigenvalue weighted by Crippen LogP contribution is -2.33. The van der Waals surface area contributed by atoms with Crippen molar-refractivity contribution >= 4 is 25.8 Å². The first-order valence-electron chi connectivity index (χ1n) is 7.92. The molecule has 0 radical (unpaired) electrons. The van der Waals surface area contributed by atoms with Crippen molar-refractivity contribution in [2.75, 3.05) is 18.5 Å². The predicted octanol–water partition coefficient (Wildman–Crippen LogP) is 0.438. The molecule has 0 bridgehead atoms. The van der Waals surface area contributed by atoms with Crippen LogP contribution in [-0.2, 0) is 9.26 Å². The Labute approximate surface area is 141 Å². The van der Waals surface area contributed by atoms with Gasteiger partial charge < -0.3 is 25.2 Å². The van der Waals surface area contributed by atoms with E-state index in [1.165, 1.54) is 12.7 Å². The minimum absolute atomic E-state index is 0.237. The number of fused-ring (bicyclic) bond motifs is 1. The lowest BCUT2D eigenvalue weighted by molar-refractivity contribution is -0.0459. The van der Waals surface area contributed by atoms with Gasteiger partial charge in [-0.15, -0.1) is 0 Å².